The molecule has 1 aromatic heterocycles. The molecule has 25 heavy (non-hydrogen) atoms. The molecule has 0 amide bonds. The number of thiocarbonyl (C=S) groups is 1. The second kappa shape index (κ2) is 6.74. The van der Waals surface area contributed by atoms with E-state index < -0.39 is 0 Å². The van der Waals surface area contributed by atoms with Crippen LogP contribution in [0.5, 0.6) is 11.5 Å². The van der Waals surface area contributed by atoms with Gasteiger partial charge in [-0.05, 0) is 48.1 Å². The summed E-state index contributed by atoms with van der Waals surface area (Å²) in [6.45, 7) is 0.251. The van der Waals surface area contributed by atoms with Crippen LogP contribution in [-0.2, 0) is 0 Å². The number of ether oxygens (including phenoxy) is 2. The summed E-state index contributed by atoms with van der Waals surface area (Å²) < 4.78 is 10.6. The van der Waals surface area contributed by atoms with Crippen LogP contribution in [0.25, 0.3) is 10.9 Å². The molecule has 0 unspecified atom stereocenters. The Hall–Kier alpha value is -3.19. The van der Waals surface area contributed by atoms with Crippen LogP contribution in [0.2, 0.25) is 0 Å². The minimum Gasteiger partial charge on any atom is -0.454 e. The molecule has 0 saturated carbocycles. The second-order valence-corrected chi connectivity index (χ2v) is 5.73. The zero-order valence-electron chi connectivity index (χ0n) is 13.1. The predicted octanol–water partition coefficient (Wildman–Crippen LogP) is 3.28. The number of anilines is 1. The molecular formula is C18H14N4O2S. The molecule has 2 heterocycles. The fourth-order valence-corrected chi connectivity index (χ4v) is 2.68. The van der Waals surface area contributed by atoms with Crippen LogP contribution >= 0.6 is 12.2 Å². The van der Waals surface area contributed by atoms with Crippen LogP contribution in [0.3, 0.4) is 0 Å². The van der Waals surface area contributed by atoms with Gasteiger partial charge in [0.1, 0.15) is 0 Å². The van der Waals surface area contributed by atoms with E-state index in [0.717, 1.165) is 27.9 Å². The van der Waals surface area contributed by atoms with E-state index in [-0.39, 0.29) is 6.79 Å². The maximum Gasteiger partial charge on any atom is 0.231 e. The molecule has 3 aromatic rings. The summed E-state index contributed by atoms with van der Waals surface area (Å²) in [5.74, 6) is 1.46. The lowest BCUT2D eigenvalue weighted by atomic mass is 10.2. The Labute approximate surface area is 149 Å². The molecule has 0 bridgehead atoms. The van der Waals surface area contributed by atoms with Gasteiger partial charge in [-0.15, -0.1) is 0 Å². The summed E-state index contributed by atoms with van der Waals surface area (Å²) in [5.41, 5.74) is 5.37. The van der Waals surface area contributed by atoms with Crippen molar-refractivity contribution < 1.29 is 9.47 Å². The molecule has 6 nitrogen and oxygen atoms in total. The van der Waals surface area contributed by atoms with Crippen molar-refractivity contribution in [3.8, 4) is 11.5 Å². The number of benzene rings is 2. The van der Waals surface area contributed by atoms with Gasteiger partial charge in [-0.1, -0.05) is 18.2 Å². The van der Waals surface area contributed by atoms with Crippen LogP contribution in [-0.4, -0.2) is 23.1 Å². The molecule has 0 saturated heterocycles. The number of nitrogens with zero attached hydrogens (tertiary/aromatic N) is 2. The summed E-state index contributed by atoms with van der Waals surface area (Å²) in [6.07, 6.45) is 3.42. The van der Waals surface area contributed by atoms with Gasteiger partial charge in [0.15, 0.2) is 16.6 Å². The Morgan fingerprint density at radius 1 is 1.12 bits per heavy atom. The first-order valence-corrected chi connectivity index (χ1v) is 8.04. The normalized spacial score (nSPS) is 12.5. The standard InChI is InChI=1S/C18H14N4O2S/c25-18(21-14-5-1-3-13-4-2-8-19-17(13)14)22-20-10-12-6-7-15-16(9-12)24-11-23-15/h1-10H,11H2,(H2,21,22,25). The van der Waals surface area contributed by atoms with E-state index in [1.165, 1.54) is 0 Å². The molecule has 0 spiro atoms. The molecule has 1 aliphatic rings. The van der Waals surface area contributed by atoms with E-state index in [0.29, 0.717) is 10.9 Å². The fraction of sp³-hybridized carbons (Fsp3) is 0.0556. The van der Waals surface area contributed by atoms with Crippen LogP contribution in [0.4, 0.5) is 5.69 Å². The smallest absolute Gasteiger partial charge is 0.231 e. The second-order valence-electron chi connectivity index (χ2n) is 5.32. The van der Waals surface area contributed by atoms with E-state index in [9.17, 15) is 0 Å². The Balaban J connectivity index is 1.42. The summed E-state index contributed by atoms with van der Waals surface area (Å²) >= 11 is 5.29. The minimum atomic E-state index is 0.251. The average molecular weight is 350 g/mol. The topological polar surface area (TPSA) is 67.8 Å². The SMILES string of the molecule is S=C(NN=Cc1ccc2c(c1)OCO2)Nc1cccc2cccnc12. The molecule has 4 rings (SSSR count). The summed E-state index contributed by atoms with van der Waals surface area (Å²) in [4.78, 5) is 4.38. The van der Waals surface area contributed by atoms with E-state index in [2.05, 4.69) is 20.8 Å². The Morgan fingerprint density at radius 3 is 2.96 bits per heavy atom. The van der Waals surface area contributed by atoms with Gasteiger partial charge in [-0.2, -0.15) is 5.10 Å². The van der Waals surface area contributed by atoms with Gasteiger partial charge in [-0.25, -0.2) is 0 Å². The first-order chi connectivity index (χ1) is 12.3. The lowest BCUT2D eigenvalue weighted by molar-refractivity contribution is 0.174. The first-order valence-electron chi connectivity index (χ1n) is 7.63. The molecule has 0 atom stereocenters. The van der Waals surface area contributed by atoms with Crippen molar-refractivity contribution in [3.63, 3.8) is 0 Å². The monoisotopic (exact) mass is 350 g/mol. The minimum absolute atomic E-state index is 0.251. The molecule has 0 fully saturated rings. The maximum atomic E-state index is 5.34. The molecule has 2 aromatic carbocycles. The van der Waals surface area contributed by atoms with Gasteiger partial charge in [-0.3, -0.25) is 10.4 Å². The van der Waals surface area contributed by atoms with Crippen molar-refractivity contribution in [1.82, 2.24) is 10.4 Å². The third kappa shape index (κ3) is 3.36. The maximum absolute atomic E-state index is 5.34. The van der Waals surface area contributed by atoms with E-state index in [4.69, 9.17) is 21.7 Å². The van der Waals surface area contributed by atoms with E-state index >= 15 is 0 Å². The number of aromatic nitrogens is 1. The molecule has 0 aliphatic carbocycles. The van der Waals surface area contributed by atoms with Crippen molar-refractivity contribution in [3.05, 3.63) is 60.3 Å². The summed E-state index contributed by atoms with van der Waals surface area (Å²) in [5, 5.41) is 8.69. The van der Waals surface area contributed by atoms with Crippen molar-refractivity contribution in [1.29, 1.82) is 0 Å². The van der Waals surface area contributed by atoms with Crippen LogP contribution in [0.15, 0.2) is 59.8 Å². The van der Waals surface area contributed by atoms with Gasteiger partial charge in [0, 0.05) is 11.6 Å². The molecule has 2 N–H and O–H groups in total. The number of hydrogen-bond donors (Lipinski definition) is 2. The third-order valence-corrected chi connectivity index (χ3v) is 3.85. The van der Waals surface area contributed by atoms with E-state index in [1.54, 1.807) is 12.4 Å². The average Bonchev–Trinajstić information content (AvgIpc) is 3.10. The summed E-state index contributed by atoms with van der Waals surface area (Å²) in [6, 6.07) is 15.4. The largest absolute Gasteiger partial charge is 0.454 e. The van der Waals surface area contributed by atoms with Gasteiger partial charge >= 0.3 is 0 Å². The highest BCUT2D eigenvalue weighted by molar-refractivity contribution is 7.80. The van der Waals surface area contributed by atoms with Gasteiger partial charge < -0.3 is 14.8 Å². The number of pyridine rings is 1. The molecule has 7 heteroatoms. The highest BCUT2D eigenvalue weighted by Gasteiger charge is 2.12. The predicted molar refractivity (Wildman–Crippen MR) is 101 cm³/mol. The van der Waals surface area contributed by atoms with Crippen LogP contribution in [0, 0.1) is 0 Å². The van der Waals surface area contributed by atoms with Gasteiger partial charge in [0.05, 0.1) is 17.4 Å². The van der Waals surface area contributed by atoms with Crippen molar-refractivity contribution >= 4 is 40.1 Å². The Kier molecular flexibility index (Phi) is 4.14. The molecule has 1 aliphatic heterocycles. The number of para-hydroxylation sites is 1. The molecule has 124 valence electrons. The quantitative estimate of drug-likeness (QED) is 0.429. The number of hydrogen-bond acceptors (Lipinski definition) is 5. The zero-order valence-corrected chi connectivity index (χ0v) is 13.9. The highest BCUT2D eigenvalue weighted by Crippen LogP contribution is 2.31. The van der Waals surface area contributed by atoms with Crippen LogP contribution < -0.4 is 20.2 Å². The first kappa shape index (κ1) is 15.3. The number of hydrazone groups is 1. The van der Waals surface area contributed by atoms with Gasteiger partial charge in [0.25, 0.3) is 0 Å². The van der Waals surface area contributed by atoms with Gasteiger partial charge in [0.2, 0.25) is 6.79 Å². The van der Waals surface area contributed by atoms with E-state index in [1.807, 2.05) is 48.5 Å². The van der Waals surface area contributed by atoms with Crippen molar-refractivity contribution in [2.45, 2.75) is 0 Å². The third-order valence-electron chi connectivity index (χ3n) is 3.66. The highest BCUT2D eigenvalue weighted by atomic mass is 32.1. The molecular weight excluding hydrogens is 336 g/mol. The Bertz CT molecular complexity index is 969. The van der Waals surface area contributed by atoms with Crippen LogP contribution in [0.1, 0.15) is 5.56 Å². The number of fused-ring (bicyclic) bond motifs is 2. The van der Waals surface area contributed by atoms with Crippen molar-refractivity contribution in [2.75, 3.05) is 12.1 Å². The fourth-order valence-electron chi connectivity index (χ4n) is 2.51. The lowest BCUT2D eigenvalue weighted by Crippen LogP contribution is -2.24. The van der Waals surface area contributed by atoms with Crippen molar-refractivity contribution in [2.24, 2.45) is 5.10 Å². The zero-order chi connectivity index (χ0) is 17.1. The Morgan fingerprint density at radius 2 is 2.00 bits per heavy atom. The molecule has 0 radical (unpaired) electrons. The number of nitrogens with one attached hydrogen (secondary N) is 2. The number of rotatable bonds is 3. The lowest BCUT2D eigenvalue weighted by Gasteiger charge is -2.09. The summed E-state index contributed by atoms with van der Waals surface area (Å²) in [7, 11) is 0.